The van der Waals surface area contributed by atoms with Gasteiger partial charge in [0.2, 0.25) is 10.0 Å². The minimum absolute atomic E-state index is 0.0446. The number of methoxy groups -OCH3 is 1. The van der Waals surface area contributed by atoms with Gasteiger partial charge in [-0.25, -0.2) is 17.9 Å². The summed E-state index contributed by atoms with van der Waals surface area (Å²) in [7, 11) is -2.44. The van der Waals surface area contributed by atoms with Crippen molar-refractivity contribution in [3.05, 3.63) is 59.2 Å². The van der Waals surface area contributed by atoms with Crippen LogP contribution in [0.25, 0.3) is 0 Å². The van der Waals surface area contributed by atoms with Crippen molar-refractivity contribution < 1.29 is 22.7 Å². The lowest BCUT2D eigenvalue weighted by Gasteiger charge is -2.11. The van der Waals surface area contributed by atoms with Gasteiger partial charge in [0.15, 0.2) is 0 Å². The highest BCUT2D eigenvalue weighted by Gasteiger charge is 2.18. The summed E-state index contributed by atoms with van der Waals surface area (Å²) in [5, 5.41) is 0. The van der Waals surface area contributed by atoms with Gasteiger partial charge in [-0.05, 0) is 56.0 Å². The third kappa shape index (κ3) is 5.55. The summed E-state index contributed by atoms with van der Waals surface area (Å²) in [6.07, 6.45) is 1.32. The smallest absolute Gasteiger partial charge is 0.338 e. The maximum atomic E-state index is 12.5. The van der Waals surface area contributed by atoms with Gasteiger partial charge in [0.1, 0.15) is 5.75 Å². The zero-order valence-electron chi connectivity index (χ0n) is 15.8. The van der Waals surface area contributed by atoms with Crippen LogP contribution in [0.4, 0.5) is 0 Å². The summed E-state index contributed by atoms with van der Waals surface area (Å²) in [5.41, 5.74) is 1.95. The molecular formula is C20H25NO5S. The predicted octanol–water partition coefficient (Wildman–Crippen LogP) is 3.09. The van der Waals surface area contributed by atoms with Crippen LogP contribution in [0.2, 0.25) is 0 Å². The van der Waals surface area contributed by atoms with Gasteiger partial charge in [-0.3, -0.25) is 0 Å². The second-order valence-electron chi connectivity index (χ2n) is 6.01. The summed E-state index contributed by atoms with van der Waals surface area (Å²) >= 11 is 0. The SMILES string of the molecule is CCOc1ccccc1CCCNS(=O)(=O)c1ccc(C)c(C(=O)OC)c1. The molecule has 0 atom stereocenters. The molecule has 27 heavy (non-hydrogen) atoms. The van der Waals surface area contributed by atoms with Crippen LogP contribution in [0.15, 0.2) is 47.4 Å². The molecule has 0 aromatic heterocycles. The van der Waals surface area contributed by atoms with Crippen molar-refractivity contribution in [2.75, 3.05) is 20.3 Å². The zero-order chi connectivity index (χ0) is 19.9. The first-order valence-electron chi connectivity index (χ1n) is 8.78. The fourth-order valence-corrected chi connectivity index (χ4v) is 3.77. The van der Waals surface area contributed by atoms with Gasteiger partial charge in [0.25, 0.3) is 0 Å². The van der Waals surface area contributed by atoms with Crippen LogP contribution in [0, 0.1) is 6.92 Å². The molecule has 1 N–H and O–H groups in total. The number of ether oxygens (including phenoxy) is 2. The summed E-state index contributed by atoms with van der Waals surface area (Å²) in [4.78, 5) is 11.8. The van der Waals surface area contributed by atoms with Crippen molar-refractivity contribution in [2.45, 2.75) is 31.6 Å². The Kier molecular flexibility index (Phi) is 7.38. The van der Waals surface area contributed by atoms with Crippen LogP contribution in [-0.4, -0.2) is 34.6 Å². The van der Waals surface area contributed by atoms with E-state index in [0.717, 1.165) is 11.3 Å². The highest BCUT2D eigenvalue weighted by atomic mass is 32.2. The number of hydrogen-bond donors (Lipinski definition) is 1. The topological polar surface area (TPSA) is 81.7 Å². The van der Waals surface area contributed by atoms with E-state index in [1.54, 1.807) is 13.0 Å². The molecule has 7 heteroatoms. The van der Waals surface area contributed by atoms with Crippen molar-refractivity contribution in [1.29, 1.82) is 0 Å². The van der Waals surface area contributed by atoms with Gasteiger partial charge in [-0.2, -0.15) is 0 Å². The second kappa shape index (κ2) is 9.53. The Morgan fingerprint density at radius 1 is 1.15 bits per heavy atom. The van der Waals surface area contributed by atoms with E-state index in [4.69, 9.17) is 9.47 Å². The fourth-order valence-electron chi connectivity index (χ4n) is 2.67. The molecule has 2 aromatic carbocycles. The Labute approximate surface area is 160 Å². The third-order valence-electron chi connectivity index (χ3n) is 4.11. The molecule has 6 nitrogen and oxygen atoms in total. The van der Waals surface area contributed by atoms with Gasteiger partial charge >= 0.3 is 5.97 Å². The van der Waals surface area contributed by atoms with Crippen LogP contribution in [0.5, 0.6) is 5.75 Å². The van der Waals surface area contributed by atoms with Gasteiger partial charge in [-0.1, -0.05) is 24.3 Å². The van der Waals surface area contributed by atoms with Crippen molar-refractivity contribution in [3.63, 3.8) is 0 Å². The Morgan fingerprint density at radius 3 is 2.59 bits per heavy atom. The van der Waals surface area contributed by atoms with Crippen LogP contribution < -0.4 is 9.46 Å². The number of hydrogen-bond acceptors (Lipinski definition) is 5. The molecule has 2 aromatic rings. The summed E-state index contributed by atoms with van der Waals surface area (Å²) < 4.78 is 37.9. The average Bonchev–Trinajstić information content (AvgIpc) is 2.66. The number of carbonyl (C=O) groups excluding carboxylic acids is 1. The van der Waals surface area contributed by atoms with Crippen LogP contribution in [0.3, 0.4) is 0 Å². The highest BCUT2D eigenvalue weighted by molar-refractivity contribution is 7.89. The Hall–Kier alpha value is -2.38. The molecule has 0 aliphatic rings. The Bertz CT molecular complexity index is 893. The molecule has 0 amide bonds. The van der Waals surface area contributed by atoms with Crippen molar-refractivity contribution in [1.82, 2.24) is 4.72 Å². The van der Waals surface area contributed by atoms with E-state index in [1.165, 1.54) is 19.2 Å². The van der Waals surface area contributed by atoms with Crippen LogP contribution >= 0.6 is 0 Å². The molecule has 0 unspecified atom stereocenters. The molecule has 2 rings (SSSR count). The summed E-state index contributed by atoms with van der Waals surface area (Å²) in [6, 6.07) is 12.1. The number of nitrogens with one attached hydrogen (secondary N) is 1. The van der Waals surface area contributed by atoms with E-state index >= 15 is 0 Å². The van der Waals surface area contributed by atoms with E-state index < -0.39 is 16.0 Å². The minimum atomic E-state index is -3.71. The average molecular weight is 391 g/mol. The Balaban J connectivity index is 2.01. The number of rotatable bonds is 9. The first-order valence-corrected chi connectivity index (χ1v) is 10.3. The van der Waals surface area contributed by atoms with Crippen LogP contribution in [-0.2, 0) is 21.2 Å². The summed E-state index contributed by atoms with van der Waals surface area (Å²) in [6.45, 7) is 4.52. The number of esters is 1. The fraction of sp³-hybridized carbons (Fsp3) is 0.350. The molecule has 0 bridgehead atoms. The zero-order valence-corrected chi connectivity index (χ0v) is 16.6. The predicted molar refractivity (Wildman–Crippen MR) is 104 cm³/mol. The molecule has 0 heterocycles. The van der Waals surface area contributed by atoms with Crippen molar-refractivity contribution in [3.8, 4) is 5.75 Å². The first-order chi connectivity index (χ1) is 12.9. The first kappa shape index (κ1) is 20.9. The van der Waals surface area contributed by atoms with Gasteiger partial charge in [0.05, 0.1) is 24.2 Å². The van der Waals surface area contributed by atoms with Gasteiger partial charge in [-0.15, -0.1) is 0 Å². The minimum Gasteiger partial charge on any atom is -0.494 e. The number of benzene rings is 2. The maximum absolute atomic E-state index is 12.5. The second-order valence-corrected chi connectivity index (χ2v) is 7.78. The number of sulfonamides is 1. The van der Waals surface area contributed by atoms with E-state index in [-0.39, 0.29) is 17.0 Å². The molecule has 0 saturated carbocycles. The lowest BCUT2D eigenvalue weighted by Crippen LogP contribution is -2.25. The summed E-state index contributed by atoms with van der Waals surface area (Å²) in [5.74, 6) is 0.265. The monoisotopic (exact) mass is 391 g/mol. The molecule has 146 valence electrons. The van der Waals surface area contributed by atoms with E-state index in [0.29, 0.717) is 25.0 Å². The van der Waals surface area contributed by atoms with E-state index in [2.05, 4.69) is 4.72 Å². The molecule has 0 radical (unpaired) electrons. The molecular weight excluding hydrogens is 366 g/mol. The lowest BCUT2D eigenvalue weighted by atomic mass is 10.1. The molecule has 0 aliphatic heterocycles. The molecule has 0 spiro atoms. The van der Waals surface area contributed by atoms with Crippen molar-refractivity contribution >= 4 is 16.0 Å². The highest BCUT2D eigenvalue weighted by Crippen LogP contribution is 2.20. The van der Waals surface area contributed by atoms with E-state index in [9.17, 15) is 13.2 Å². The third-order valence-corrected chi connectivity index (χ3v) is 5.57. The van der Waals surface area contributed by atoms with Gasteiger partial charge < -0.3 is 9.47 Å². The normalized spacial score (nSPS) is 11.2. The van der Waals surface area contributed by atoms with Crippen molar-refractivity contribution in [2.24, 2.45) is 0 Å². The number of aryl methyl sites for hydroxylation is 2. The standard InChI is InChI=1S/C20H25NO5S/c1-4-26-19-10-6-5-8-16(19)9-7-13-21-27(23,24)17-12-11-15(2)18(14-17)20(22)25-3/h5-6,8,10-12,14,21H,4,7,9,13H2,1-3H3. The van der Waals surface area contributed by atoms with Gasteiger partial charge in [0, 0.05) is 6.54 Å². The van der Waals surface area contributed by atoms with Crippen LogP contribution in [0.1, 0.15) is 34.8 Å². The number of carbonyl (C=O) groups is 1. The lowest BCUT2D eigenvalue weighted by molar-refractivity contribution is 0.0599. The van der Waals surface area contributed by atoms with E-state index in [1.807, 2.05) is 31.2 Å². The molecule has 0 saturated heterocycles. The number of para-hydroxylation sites is 1. The Morgan fingerprint density at radius 2 is 1.89 bits per heavy atom. The maximum Gasteiger partial charge on any atom is 0.338 e. The molecule has 0 aliphatic carbocycles. The largest absolute Gasteiger partial charge is 0.494 e. The quantitative estimate of drug-likeness (QED) is 0.525. The molecule has 0 fully saturated rings.